The normalized spacial score (nSPS) is 16.3. The molecule has 3 rings (SSSR count). The van der Waals surface area contributed by atoms with Crippen molar-refractivity contribution in [1.29, 1.82) is 0 Å². The summed E-state index contributed by atoms with van der Waals surface area (Å²) in [6, 6.07) is 21.0. The Morgan fingerprint density at radius 1 is 1.06 bits per heavy atom. The molecule has 2 aromatic rings. The molecule has 1 fully saturated rings. The van der Waals surface area contributed by atoms with Crippen molar-refractivity contribution in [3.05, 3.63) is 71.8 Å². The van der Waals surface area contributed by atoms with E-state index >= 15 is 0 Å². The van der Waals surface area contributed by atoms with Gasteiger partial charge in [-0.15, -0.1) is 0 Å². The third kappa shape index (κ3) is 11.3. The van der Waals surface area contributed by atoms with Crippen LogP contribution in [-0.2, 0) is 22.7 Å². The van der Waals surface area contributed by atoms with Gasteiger partial charge in [-0.1, -0.05) is 60.7 Å². The van der Waals surface area contributed by atoms with Crippen LogP contribution >= 0.6 is 0 Å². The molecule has 10 heteroatoms. The van der Waals surface area contributed by atoms with E-state index in [0.29, 0.717) is 19.6 Å². The van der Waals surface area contributed by atoms with Gasteiger partial charge in [0.05, 0.1) is 6.54 Å². The van der Waals surface area contributed by atoms with Crippen LogP contribution in [-0.4, -0.2) is 71.7 Å². The molecule has 7 nitrogen and oxygen atoms in total. The predicted molar refractivity (Wildman–Crippen MR) is 127 cm³/mol. The van der Waals surface area contributed by atoms with Crippen LogP contribution in [0.5, 0.6) is 0 Å². The second kappa shape index (κ2) is 14.4. The summed E-state index contributed by atoms with van der Waals surface area (Å²) in [4.78, 5) is 26.1. The van der Waals surface area contributed by atoms with E-state index in [1.807, 2.05) is 24.3 Å². The lowest BCUT2D eigenvalue weighted by Crippen LogP contribution is -2.50. The summed E-state index contributed by atoms with van der Waals surface area (Å²) in [5, 5.41) is 10.4. The molecule has 192 valence electrons. The van der Waals surface area contributed by atoms with Gasteiger partial charge in [0.2, 0.25) is 5.91 Å². The number of carbonyl (C=O) groups excluding carboxylic acids is 1. The van der Waals surface area contributed by atoms with E-state index in [1.165, 1.54) is 11.1 Å². The van der Waals surface area contributed by atoms with Gasteiger partial charge in [-0.3, -0.25) is 14.6 Å². The molecule has 1 heterocycles. The van der Waals surface area contributed by atoms with Gasteiger partial charge in [-0.25, -0.2) is 4.79 Å². The highest BCUT2D eigenvalue weighted by Gasteiger charge is 2.38. The van der Waals surface area contributed by atoms with Gasteiger partial charge in [-0.05, 0) is 30.5 Å². The first-order chi connectivity index (χ1) is 16.7. The summed E-state index contributed by atoms with van der Waals surface area (Å²) >= 11 is 0. The number of likely N-dealkylation sites (tertiary alicyclic amines) is 1. The van der Waals surface area contributed by atoms with Crippen molar-refractivity contribution < 1.29 is 27.9 Å². The Kier molecular flexibility index (Phi) is 11.7. The zero-order valence-electron chi connectivity index (χ0n) is 19.6. The zero-order valence-corrected chi connectivity index (χ0v) is 19.6. The Bertz CT molecular complexity index is 898. The molecule has 1 atom stereocenters. The van der Waals surface area contributed by atoms with Crippen molar-refractivity contribution in [3.63, 3.8) is 0 Å². The summed E-state index contributed by atoms with van der Waals surface area (Å²) < 4.78 is 31.7. The maximum atomic E-state index is 12.6. The zero-order chi connectivity index (χ0) is 25.7. The van der Waals surface area contributed by atoms with Crippen molar-refractivity contribution in [2.45, 2.75) is 38.1 Å². The summed E-state index contributed by atoms with van der Waals surface area (Å²) in [6.45, 7) is 5.35. The van der Waals surface area contributed by atoms with Gasteiger partial charge >= 0.3 is 12.1 Å². The van der Waals surface area contributed by atoms with Crippen molar-refractivity contribution in [1.82, 2.24) is 15.1 Å². The molecule has 0 aromatic heterocycles. The van der Waals surface area contributed by atoms with Gasteiger partial charge < -0.3 is 16.2 Å². The van der Waals surface area contributed by atoms with Crippen molar-refractivity contribution in [3.8, 4) is 0 Å². The van der Waals surface area contributed by atoms with Crippen LogP contribution in [0.3, 0.4) is 0 Å². The quantitative estimate of drug-likeness (QED) is 0.496. The number of aliphatic carboxylic acids is 1. The monoisotopic (exact) mass is 494 g/mol. The van der Waals surface area contributed by atoms with Crippen molar-refractivity contribution in [2.75, 3.05) is 32.7 Å². The van der Waals surface area contributed by atoms with Crippen LogP contribution in [0.1, 0.15) is 24.0 Å². The van der Waals surface area contributed by atoms with Crippen LogP contribution in [0.2, 0.25) is 0 Å². The van der Waals surface area contributed by atoms with Gasteiger partial charge in [0.15, 0.2) is 0 Å². The second-order valence-corrected chi connectivity index (χ2v) is 8.42. The summed E-state index contributed by atoms with van der Waals surface area (Å²) in [5.74, 6) is -2.66. The molecule has 1 unspecified atom stereocenters. The van der Waals surface area contributed by atoms with Gasteiger partial charge in [0.25, 0.3) is 0 Å². The molecular weight excluding hydrogens is 461 g/mol. The number of rotatable bonds is 9. The average Bonchev–Trinajstić information content (AvgIpc) is 2.80. The van der Waals surface area contributed by atoms with Crippen molar-refractivity contribution >= 4 is 11.9 Å². The Hall–Kier alpha value is -2.95. The lowest BCUT2D eigenvalue weighted by Gasteiger charge is -2.33. The number of nitrogens with zero attached hydrogens (tertiary/aromatic N) is 2. The largest absolute Gasteiger partial charge is 0.490 e. The molecular formula is C25H33F3N4O3. The Morgan fingerprint density at radius 3 is 2.17 bits per heavy atom. The topological polar surface area (TPSA) is 98.9 Å². The molecule has 0 saturated carbocycles. The first-order valence-corrected chi connectivity index (χ1v) is 11.5. The number of carboxylic acid groups (broad SMARTS) is 1. The lowest BCUT2D eigenvalue weighted by atomic mass is 10.0. The SMILES string of the molecule is NCCN(CC(=O)NC1CCCN(Cc2ccccc2)C1)Cc1ccccc1.O=C(O)C(F)(F)F. The molecule has 0 bridgehead atoms. The highest BCUT2D eigenvalue weighted by Crippen LogP contribution is 2.14. The molecule has 35 heavy (non-hydrogen) atoms. The number of hydrogen-bond acceptors (Lipinski definition) is 5. The number of carbonyl (C=O) groups is 2. The van der Waals surface area contributed by atoms with Gasteiger partial charge in [-0.2, -0.15) is 13.2 Å². The minimum Gasteiger partial charge on any atom is -0.475 e. The summed E-state index contributed by atoms with van der Waals surface area (Å²) in [5.41, 5.74) is 8.28. The van der Waals surface area contributed by atoms with Crippen LogP contribution in [0, 0.1) is 0 Å². The third-order valence-corrected chi connectivity index (χ3v) is 5.42. The molecule has 2 aromatic carbocycles. The van der Waals surface area contributed by atoms with Crippen LogP contribution in [0.15, 0.2) is 60.7 Å². The fourth-order valence-corrected chi connectivity index (χ4v) is 3.87. The van der Waals surface area contributed by atoms with E-state index < -0.39 is 12.1 Å². The van der Waals surface area contributed by atoms with E-state index in [0.717, 1.165) is 39.0 Å². The van der Waals surface area contributed by atoms with E-state index in [9.17, 15) is 18.0 Å². The number of amides is 1. The molecule has 1 aliphatic heterocycles. The fraction of sp³-hybridized carbons (Fsp3) is 0.440. The number of hydrogen-bond donors (Lipinski definition) is 3. The maximum absolute atomic E-state index is 12.6. The van der Waals surface area contributed by atoms with Crippen LogP contribution in [0.25, 0.3) is 0 Å². The Balaban J connectivity index is 0.000000540. The Labute approximate surface area is 203 Å². The second-order valence-electron chi connectivity index (χ2n) is 8.42. The molecule has 0 radical (unpaired) electrons. The molecule has 1 amide bonds. The summed E-state index contributed by atoms with van der Waals surface area (Å²) in [6.07, 6.45) is -2.92. The minimum absolute atomic E-state index is 0.0935. The maximum Gasteiger partial charge on any atom is 0.490 e. The fourth-order valence-electron chi connectivity index (χ4n) is 3.87. The number of nitrogens with one attached hydrogen (secondary N) is 1. The smallest absolute Gasteiger partial charge is 0.475 e. The molecule has 1 saturated heterocycles. The molecule has 1 aliphatic rings. The number of benzene rings is 2. The van der Waals surface area contributed by atoms with E-state index in [4.69, 9.17) is 15.6 Å². The molecule has 0 spiro atoms. The predicted octanol–water partition coefficient (Wildman–Crippen LogP) is 2.86. The number of carboxylic acids is 1. The summed E-state index contributed by atoms with van der Waals surface area (Å²) in [7, 11) is 0. The molecule has 0 aliphatic carbocycles. The lowest BCUT2D eigenvalue weighted by molar-refractivity contribution is -0.192. The number of halogens is 3. The number of alkyl halides is 3. The average molecular weight is 495 g/mol. The van der Waals surface area contributed by atoms with Crippen LogP contribution < -0.4 is 11.1 Å². The first-order valence-electron chi connectivity index (χ1n) is 11.5. The van der Waals surface area contributed by atoms with Gasteiger partial charge in [0.1, 0.15) is 0 Å². The third-order valence-electron chi connectivity index (χ3n) is 5.42. The Morgan fingerprint density at radius 2 is 1.63 bits per heavy atom. The van der Waals surface area contributed by atoms with E-state index in [2.05, 4.69) is 51.5 Å². The number of nitrogens with two attached hydrogens (primary N) is 1. The minimum atomic E-state index is -5.08. The van der Waals surface area contributed by atoms with Gasteiger partial charge in [0, 0.05) is 38.8 Å². The van der Waals surface area contributed by atoms with E-state index in [-0.39, 0.29) is 11.9 Å². The first kappa shape index (κ1) is 28.3. The highest BCUT2D eigenvalue weighted by molar-refractivity contribution is 5.78. The highest BCUT2D eigenvalue weighted by atomic mass is 19.4. The van der Waals surface area contributed by atoms with E-state index in [1.54, 1.807) is 0 Å². The standard InChI is InChI=1S/C23H32N4O.C2HF3O2/c24-13-15-27(17-21-10-5-2-6-11-21)19-23(28)25-22-12-7-14-26(18-22)16-20-8-3-1-4-9-20;3-2(4,5)1(6)7/h1-6,8-11,22H,7,12-19,24H2,(H,25,28);(H,6,7). The van der Waals surface area contributed by atoms with Crippen LogP contribution in [0.4, 0.5) is 13.2 Å². The molecule has 4 N–H and O–H groups in total. The number of piperidine rings is 1. The van der Waals surface area contributed by atoms with Crippen molar-refractivity contribution in [2.24, 2.45) is 5.73 Å².